The predicted octanol–water partition coefficient (Wildman–Crippen LogP) is 6.57. The number of rotatable bonds is 21. The van der Waals surface area contributed by atoms with Crippen molar-refractivity contribution in [1.29, 1.82) is 0 Å². The van der Waals surface area contributed by atoms with Crippen molar-refractivity contribution in [2.24, 2.45) is 22.9 Å². The van der Waals surface area contributed by atoms with Gasteiger partial charge in [0.2, 0.25) is 21.7 Å². The molecule has 6 unspecified atom stereocenters. The molecule has 3 aliphatic rings. The van der Waals surface area contributed by atoms with Crippen LogP contribution in [0.1, 0.15) is 76.7 Å². The Bertz CT molecular complexity index is 1810. The van der Waals surface area contributed by atoms with E-state index in [1.807, 2.05) is 25.1 Å². The summed E-state index contributed by atoms with van der Waals surface area (Å²) in [6, 6.07) is 11.0. The van der Waals surface area contributed by atoms with Gasteiger partial charge in [0.05, 0.1) is 29.2 Å². The van der Waals surface area contributed by atoms with Crippen LogP contribution in [0.5, 0.6) is 11.5 Å². The Kier molecular flexibility index (Phi) is 14.7. The standard InChI is InChI=1S/C42H57N3O9S/c1-6-21-45(55(49,50)33-18-15-31(16-19-33)43-29(4)48)39-28-37(44-51-5)35-26-30(13-9-11-22-46)34(14-10-12-23-47)40-36-27-32(52-24-7-2)17-20-38(36)54-42(39,41(35)40)53-25-8-3/h7-8,15-20,26-27,30,34,39-41,46-47H,2-3,6,9-14,21-25,28H2,1,4-5H3,(H,43,48). The number of anilines is 1. The van der Waals surface area contributed by atoms with E-state index in [2.05, 4.69) is 29.7 Å². The van der Waals surface area contributed by atoms with Gasteiger partial charge in [-0.25, -0.2) is 8.42 Å². The average Bonchev–Trinajstić information content (AvgIpc) is 3.17. The Labute approximate surface area is 325 Å². The van der Waals surface area contributed by atoms with Crippen LogP contribution in [0.4, 0.5) is 5.69 Å². The van der Waals surface area contributed by atoms with Crippen molar-refractivity contribution in [2.45, 2.75) is 87.9 Å². The summed E-state index contributed by atoms with van der Waals surface area (Å²) in [4.78, 5) is 17.3. The highest BCUT2D eigenvalue weighted by molar-refractivity contribution is 7.89. The topological polar surface area (TPSA) is 156 Å². The number of aliphatic hydroxyl groups is 2. The van der Waals surface area contributed by atoms with Crippen molar-refractivity contribution in [3.05, 3.63) is 85.0 Å². The summed E-state index contributed by atoms with van der Waals surface area (Å²) < 4.78 is 51.5. The van der Waals surface area contributed by atoms with Crippen LogP contribution in [-0.4, -0.2) is 86.5 Å². The largest absolute Gasteiger partial charge is 0.490 e. The normalized spacial score (nSPS) is 24.9. The lowest BCUT2D eigenvalue weighted by Crippen LogP contribution is -2.70. The van der Waals surface area contributed by atoms with Gasteiger partial charge in [0.1, 0.15) is 25.2 Å². The molecule has 6 atom stereocenters. The molecule has 1 saturated carbocycles. The van der Waals surface area contributed by atoms with Gasteiger partial charge in [0, 0.05) is 50.3 Å². The van der Waals surface area contributed by atoms with Crippen molar-refractivity contribution in [1.82, 2.24) is 4.31 Å². The zero-order valence-electron chi connectivity index (χ0n) is 32.3. The molecule has 1 fully saturated rings. The molecule has 1 aliphatic heterocycles. The molecule has 0 radical (unpaired) electrons. The fourth-order valence-electron chi connectivity index (χ4n) is 8.69. The first kappa shape index (κ1) is 42.1. The third-order valence-corrected chi connectivity index (χ3v) is 12.7. The quantitative estimate of drug-likeness (QED) is 0.0725. The second kappa shape index (κ2) is 19.2. The first-order chi connectivity index (χ1) is 26.6. The average molecular weight is 780 g/mol. The predicted molar refractivity (Wildman–Crippen MR) is 213 cm³/mol. The fraction of sp³-hybridized carbons (Fsp3) is 0.524. The van der Waals surface area contributed by atoms with E-state index in [1.54, 1.807) is 24.3 Å². The maximum absolute atomic E-state index is 14.9. The van der Waals surface area contributed by atoms with E-state index in [4.69, 9.17) is 19.0 Å². The third kappa shape index (κ3) is 9.02. The fourth-order valence-corrected chi connectivity index (χ4v) is 10.4. The number of fused-ring (bicyclic) bond motifs is 2. The minimum atomic E-state index is -4.20. The van der Waals surface area contributed by atoms with Gasteiger partial charge < -0.3 is 34.6 Å². The van der Waals surface area contributed by atoms with Crippen LogP contribution in [0.15, 0.2) is 89.5 Å². The third-order valence-electron chi connectivity index (χ3n) is 10.8. The highest BCUT2D eigenvalue weighted by Crippen LogP contribution is 2.62. The lowest BCUT2D eigenvalue weighted by Gasteiger charge is -2.59. The van der Waals surface area contributed by atoms with Crippen LogP contribution in [-0.2, 0) is 24.4 Å². The summed E-state index contributed by atoms with van der Waals surface area (Å²) in [5.74, 6) is -1.25. The van der Waals surface area contributed by atoms with Gasteiger partial charge in [-0.15, -0.1) is 6.58 Å². The molecule has 3 N–H and O–H groups in total. The van der Waals surface area contributed by atoms with E-state index < -0.39 is 27.8 Å². The Hall–Kier alpha value is -4.01. The van der Waals surface area contributed by atoms with E-state index in [9.17, 15) is 23.4 Å². The number of unbranched alkanes of at least 4 members (excludes halogenated alkanes) is 2. The summed E-state index contributed by atoms with van der Waals surface area (Å²) in [7, 11) is -2.71. The van der Waals surface area contributed by atoms with Crippen LogP contribution < -0.4 is 14.8 Å². The number of nitrogens with zero attached hydrogens (tertiary/aromatic N) is 2. The second-order valence-corrected chi connectivity index (χ2v) is 16.3. The van der Waals surface area contributed by atoms with Crippen molar-refractivity contribution >= 4 is 27.3 Å². The molecule has 1 amide bonds. The number of carbonyl (C=O) groups is 1. The minimum absolute atomic E-state index is 0.0306. The molecular weight excluding hydrogens is 723 g/mol. The number of nitrogens with one attached hydrogen (secondary N) is 1. The number of sulfonamides is 1. The highest BCUT2D eigenvalue weighted by Gasteiger charge is 2.66. The van der Waals surface area contributed by atoms with Gasteiger partial charge in [0.25, 0.3) is 0 Å². The summed E-state index contributed by atoms with van der Waals surface area (Å²) in [5, 5.41) is 26.9. The van der Waals surface area contributed by atoms with Crippen molar-refractivity contribution in [3.63, 3.8) is 0 Å². The summed E-state index contributed by atoms with van der Waals surface area (Å²) in [5.41, 5.74) is 2.91. The van der Waals surface area contributed by atoms with Crippen molar-refractivity contribution in [2.75, 3.05) is 45.4 Å². The first-order valence-corrected chi connectivity index (χ1v) is 20.8. The molecule has 0 spiro atoms. The van der Waals surface area contributed by atoms with E-state index in [0.29, 0.717) is 48.8 Å². The molecule has 0 bridgehead atoms. The van der Waals surface area contributed by atoms with E-state index >= 15 is 0 Å². The number of amides is 1. The molecule has 13 heteroatoms. The maximum Gasteiger partial charge on any atom is 0.243 e. The van der Waals surface area contributed by atoms with Crippen LogP contribution in [0.25, 0.3) is 0 Å². The van der Waals surface area contributed by atoms with Gasteiger partial charge >= 0.3 is 0 Å². The minimum Gasteiger partial charge on any atom is -0.490 e. The van der Waals surface area contributed by atoms with E-state index in [0.717, 1.165) is 36.8 Å². The number of hydrogen-bond donors (Lipinski definition) is 3. The van der Waals surface area contributed by atoms with Crippen LogP contribution in [0.3, 0.4) is 0 Å². The van der Waals surface area contributed by atoms with Gasteiger partial charge in [-0.1, -0.05) is 49.7 Å². The number of hydrogen-bond acceptors (Lipinski definition) is 10. The van der Waals surface area contributed by atoms with Gasteiger partial charge in [-0.2, -0.15) is 4.31 Å². The molecule has 5 rings (SSSR count). The number of carbonyl (C=O) groups excluding carboxylic acids is 1. The smallest absolute Gasteiger partial charge is 0.243 e. The Morgan fingerprint density at radius 1 is 1.05 bits per heavy atom. The van der Waals surface area contributed by atoms with Gasteiger partial charge in [-0.3, -0.25) is 4.79 Å². The SMILES string of the molecule is C=CCOc1ccc2c(c1)C1C(CCCCO)C(CCCCO)C=C3C(=NOC)CC(N(CCC)S(=O)(=O)c4ccc(NC(C)=O)cc4)C(OCC=C)(O2)C31. The van der Waals surface area contributed by atoms with E-state index in [-0.39, 0.29) is 61.3 Å². The molecule has 0 saturated heterocycles. The van der Waals surface area contributed by atoms with Gasteiger partial charge in [0.15, 0.2) is 0 Å². The summed E-state index contributed by atoms with van der Waals surface area (Å²) in [6.07, 6.45) is 10.7. The Morgan fingerprint density at radius 2 is 1.76 bits per heavy atom. The molecule has 300 valence electrons. The maximum atomic E-state index is 14.9. The summed E-state index contributed by atoms with van der Waals surface area (Å²) >= 11 is 0. The number of ether oxygens (including phenoxy) is 3. The molecule has 2 aliphatic carbocycles. The number of benzene rings is 2. The number of aliphatic hydroxyl groups excluding tert-OH is 2. The Balaban J connectivity index is 1.78. The number of allylic oxidation sites excluding steroid dienone is 1. The molecule has 55 heavy (non-hydrogen) atoms. The Morgan fingerprint density at radius 3 is 2.40 bits per heavy atom. The summed E-state index contributed by atoms with van der Waals surface area (Å²) in [6.45, 7) is 11.8. The molecule has 1 heterocycles. The monoisotopic (exact) mass is 779 g/mol. The van der Waals surface area contributed by atoms with Crippen LogP contribution in [0, 0.1) is 17.8 Å². The molecular formula is C42H57N3O9S. The number of oxime groups is 1. The highest BCUT2D eigenvalue weighted by atomic mass is 32.2. The van der Waals surface area contributed by atoms with Crippen molar-refractivity contribution < 1.29 is 42.5 Å². The van der Waals surface area contributed by atoms with E-state index in [1.165, 1.54) is 30.5 Å². The van der Waals surface area contributed by atoms with Crippen molar-refractivity contribution in [3.8, 4) is 11.5 Å². The second-order valence-electron chi connectivity index (χ2n) is 14.4. The molecule has 12 nitrogen and oxygen atoms in total. The first-order valence-electron chi connectivity index (χ1n) is 19.3. The lowest BCUT2D eigenvalue weighted by molar-refractivity contribution is -0.251. The molecule has 0 aromatic heterocycles. The zero-order valence-corrected chi connectivity index (χ0v) is 33.1. The molecule has 2 aromatic rings. The lowest BCUT2D eigenvalue weighted by atomic mass is 9.55. The van der Waals surface area contributed by atoms with Gasteiger partial charge in [-0.05, 0) is 92.0 Å². The van der Waals surface area contributed by atoms with Crippen LogP contribution >= 0.6 is 0 Å². The zero-order chi connectivity index (χ0) is 39.6. The molecule has 2 aromatic carbocycles. The van der Waals surface area contributed by atoms with Crippen LogP contribution in [0.2, 0.25) is 0 Å².